The number of nitrogens with one attached hydrogen (secondary N) is 3. The number of amides is 2. The molecule has 0 spiro atoms. The van der Waals surface area contributed by atoms with Crippen LogP contribution in [0.15, 0.2) is 78.0 Å². The molecule has 2 aromatic carbocycles. The molecule has 0 fully saturated rings. The summed E-state index contributed by atoms with van der Waals surface area (Å²) in [7, 11) is -2.29. The molecule has 0 aliphatic carbocycles. The van der Waals surface area contributed by atoms with Crippen LogP contribution in [0.5, 0.6) is 11.5 Å². The fourth-order valence-corrected chi connectivity index (χ4v) is 4.72. The lowest BCUT2D eigenvalue weighted by Gasteiger charge is -2.13. The van der Waals surface area contributed by atoms with Gasteiger partial charge in [0.25, 0.3) is 0 Å². The van der Waals surface area contributed by atoms with Gasteiger partial charge < -0.3 is 25.4 Å². The number of hydrogen-bond donors (Lipinski definition) is 5. The summed E-state index contributed by atoms with van der Waals surface area (Å²) in [6.07, 6.45) is 5.07. The summed E-state index contributed by atoms with van der Waals surface area (Å²) in [6.45, 7) is 3.83. The maximum Gasteiger partial charge on any atom is 0.323 e. The van der Waals surface area contributed by atoms with Crippen molar-refractivity contribution in [3.63, 3.8) is 0 Å². The summed E-state index contributed by atoms with van der Waals surface area (Å²) in [5.41, 5.74) is 3.25. The summed E-state index contributed by atoms with van der Waals surface area (Å²) in [5.74, 6) is -0.406. The maximum atomic E-state index is 15.0. The highest BCUT2D eigenvalue weighted by Gasteiger charge is 2.13. The summed E-state index contributed by atoms with van der Waals surface area (Å²) >= 11 is 4.60. The van der Waals surface area contributed by atoms with Gasteiger partial charge in [0.05, 0.1) is 22.9 Å². The topological polar surface area (TPSA) is 158 Å². The highest BCUT2D eigenvalue weighted by Crippen LogP contribution is 2.31. The van der Waals surface area contributed by atoms with Crippen LogP contribution < -0.4 is 25.8 Å². The third kappa shape index (κ3) is 9.08. The van der Waals surface area contributed by atoms with Crippen LogP contribution in [0, 0.1) is 12.7 Å². The van der Waals surface area contributed by atoms with Gasteiger partial charge >= 0.3 is 6.03 Å². The normalized spacial score (nSPS) is 11.7. The second-order valence-corrected chi connectivity index (χ2v) is 11.5. The monoisotopic (exact) mass is 638 g/mol. The van der Waals surface area contributed by atoms with E-state index in [2.05, 4.69) is 38.5 Å². The average molecular weight is 639 g/mol. The van der Waals surface area contributed by atoms with Crippen LogP contribution in [0.25, 0.3) is 11.0 Å². The number of rotatable bonds is 12. The van der Waals surface area contributed by atoms with E-state index in [0.29, 0.717) is 40.8 Å². The fourth-order valence-electron chi connectivity index (χ4n) is 3.90. The average Bonchev–Trinajstić information content (AvgIpc) is 2.98. The number of carbonyl (C=O) groups excluding carboxylic acids is 1. The highest BCUT2D eigenvalue weighted by atomic mass is 32.2. The first-order valence-corrected chi connectivity index (χ1v) is 15.2. The summed E-state index contributed by atoms with van der Waals surface area (Å²) in [6, 6.07) is 14.1. The van der Waals surface area contributed by atoms with E-state index in [1.165, 1.54) is 36.4 Å². The summed E-state index contributed by atoms with van der Waals surface area (Å²) < 4.78 is 48.9. The molecule has 2 amide bonds. The molecular weight excluding hydrogens is 607 g/mol. The molecule has 2 heterocycles. The number of sulfonamides is 1. The van der Waals surface area contributed by atoms with Gasteiger partial charge in [-0.1, -0.05) is 12.1 Å². The number of ether oxygens (including phenoxy) is 2. The van der Waals surface area contributed by atoms with Gasteiger partial charge in [-0.25, -0.2) is 22.7 Å². The van der Waals surface area contributed by atoms with E-state index < -0.39 is 21.9 Å². The van der Waals surface area contributed by atoms with Gasteiger partial charge in [0.1, 0.15) is 5.75 Å². The smallest absolute Gasteiger partial charge is 0.323 e. The third-order valence-electron chi connectivity index (χ3n) is 6.20. The molecule has 0 aliphatic heterocycles. The molecule has 0 bridgehead atoms. The highest BCUT2D eigenvalue weighted by molar-refractivity contribution is 7.90. The molecule has 0 radical (unpaired) electrons. The van der Waals surface area contributed by atoms with Crippen LogP contribution in [0.4, 0.5) is 20.6 Å². The van der Waals surface area contributed by atoms with E-state index in [1.807, 2.05) is 12.1 Å². The lowest BCUT2D eigenvalue weighted by atomic mass is 10.1. The number of thiol groups is 1. The maximum absolute atomic E-state index is 15.0. The van der Waals surface area contributed by atoms with E-state index in [1.54, 1.807) is 38.6 Å². The van der Waals surface area contributed by atoms with E-state index in [9.17, 15) is 17.6 Å². The predicted molar refractivity (Wildman–Crippen MR) is 171 cm³/mol. The van der Waals surface area contributed by atoms with Gasteiger partial charge in [0.2, 0.25) is 10.0 Å². The van der Waals surface area contributed by atoms with Crippen LogP contribution in [0.2, 0.25) is 0 Å². The molecule has 11 nitrogen and oxygen atoms in total. The van der Waals surface area contributed by atoms with Gasteiger partial charge in [0, 0.05) is 60.5 Å². The zero-order valence-electron chi connectivity index (χ0n) is 23.9. The van der Waals surface area contributed by atoms with Gasteiger partial charge in [-0.2, -0.15) is 0 Å². The lowest BCUT2D eigenvalue weighted by Crippen LogP contribution is -2.20. The lowest BCUT2D eigenvalue weighted by molar-refractivity contribution is 0.199. The number of carbonyl (C=O) groups is 1. The number of nitrogens with two attached hydrogens (primary N) is 1. The molecule has 0 saturated carbocycles. The quantitative estimate of drug-likeness (QED) is 0.105. The number of methoxy groups -OCH3 is 1. The molecule has 5 N–H and O–H groups in total. The zero-order chi connectivity index (χ0) is 31.7. The predicted octanol–water partition coefficient (Wildman–Crippen LogP) is 5.17. The zero-order valence-corrected chi connectivity index (χ0v) is 25.6. The van der Waals surface area contributed by atoms with Gasteiger partial charge in [0.15, 0.2) is 11.6 Å². The number of halogens is 1. The Hall–Kier alpha value is -4.34. The number of anilines is 2. The minimum Gasteiger partial charge on any atom is -0.454 e. The molecule has 0 unspecified atom stereocenters. The minimum absolute atomic E-state index is 0.0662. The number of aromatic nitrogens is 2. The van der Waals surface area contributed by atoms with Crippen molar-refractivity contribution < 1.29 is 27.1 Å². The number of pyridine rings is 2. The van der Waals surface area contributed by atoms with E-state index in [4.69, 9.17) is 14.6 Å². The van der Waals surface area contributed by atoms with E-state index in [0.717, 1.165) is 18.2 Å². The van der Waals surface area contributed by atoms with Crippen molar-refractivity contribution in [3.8, 4) is 11.5 Å². The number of hydrogen-bond acceptors (Lipinski definition) is 9. The third-order valence-corrected chi connectivity index (χ3v) is 7.47. The first-order chi connectivity index (χ1) is 21.0. The molecule has 14 heteroatoms. The number of primary sulfonamides is 1. The molecule has 0 aliphatic rings. The van der Waals surface area contributed by atoms with Crippen LogP contribution in [-0.4, -0.2) is 44.7 Å². The van der Waals surface area contributed by atoms with Crippen molar-refractivity contribution in [1.29, 1.82) is 0 Å². The second-order valence-electron chi connectivity index (χ2n) is 9.47. The summed E-state index contributed by atoms with van der Waals surface area (Å²) in [5, 5.41) is 13.4. The standard InChI is InChI=1S/C30H31FN6O5S2/c1-19-26(16-29(43)25-8-6-20(18-35-25)17-33-12-13-41-2)34-11-10-27(19)42-28-9-7-22(15-24(28)31)37-30(38)36-21-4-3-5-23(14-21)44(32,39)40/h3-11,14-16,18,33,43H,12-13,17H2,1-2H3,(H2,32,39,40)(H2,36,37,38)/b29-16-. The fraction of sp³-hybridized carbons (Fsp3) is 0.167. The van der Waals surface area contributed by atoms with Crippen LogP contribution in [0.3, 0.4) is 0 Å². The Balaban J connectivity index is 1.41. The number of benzene rings is 2. The van der Waals surface area contributed by atoms with Crippen molar-refractivity contribution in [2.75, 3.05) is 30.9 Å². The minimum atomic E-state index is -3.94. The van der Waals surface area contributed by atoms with E-state index in [-0.39, 0.29) is 22.0 Å². The Kier molecular flexibility index (Phi) is 11.0. The molecule has 0 atom stereocenters. The van der Waals surface area contributed by atoms with Crippen molar-refractivity contribution in [2.45, 2.75) is 18.4 Å². The molecule has 230 valence electrons. The molecule has 44 heavy (non-hydrogen) atoms. The first kappa shape index (κ1) is 32.6. The molecule has 4 aromatic rings. The van der Waals surface area contributed by atoms with Crippen molar-refractivity contribution in [3.05, 3.63) is 101 Å². The van der Waals surface area contributed by atoms with Crippen molar-refractivity contribution in [2.24, 2.45) is 5.14 Å². The van der Waals surface area contributed by atoms with Crippen LogP contribution in [-0.2, 0) is 21.3 Å². The first-order valence-electron chi connectivity index (χ1n) is 13.2. The number of nitrogens with zero attached hydrogens (tertiary/aromatic N) is 2. The largest absolute Gasteiger partial charge is 0.454 e. The molecule has 4 rings (SSSR count). The molecular formula is C30H31FN6O5S2. The Labute approximate surface area is 260 Å². The Bertz CT molecular complexity index is 1770. The van der Waals surface area contributed by atoms with Gasteiger partial charge in [-0.3, -0.25) is 9.97 Å². The molecule has 0 saturated heterocycles. The van der Waals surface area contributed by atoms with Crippen LogP contribution >= 0.6 is 12.6 Å². The van der Waals surface area contributed by atoms with Gasteiger partial charge in [-0.05, 0) is 61.0 Å². The van der Waals surface area contributed by atoms with Crippen LogP contribution in [0.1, 0.15) is 22.5 Å². The van der Waals surface area contributed by atoms with Crippen molar-refractivity contribution >= 4 is 51.0 Å². The number of urea groups is 1. The molecule has 2 aromatic heterocycles. The van der Waals surface area contributed by atoms with Crippen molar-refractivity contribution in [1.82, 2.24) is 15.3 Å². The second kappa shape index (κ2) is 14.9. The van der Waals surface area contributed by atoms with Gasteiger partial charge in [-0.15, -0.1) is 12.6 Å². The Morgan fingerprint density at radius 1 is 1.05 bits per heavy atom. The van der Waals surface area contributed by atoms with E-state index >= 15 is 0 Å². The Morgan fingerprint density at radius 3 is 2.50 bits per heavy atom. The summed E-state index contributed by atoms with van der Waals surface area (Å²) in [4.78, 5) is 21.7. The SMILES string of the molecule is COCCNCc1ccc(/C(S)=C/c2nccc(Oc3ccc(NC(=O)Nc4cccc(S(N)(=O)=O)c4)cc3F)c2C)nc1. The Morgan fingerprint density at radius 2 is 1.82 bits per heavy atom.